The van der Waals surface area contributed by atoms with Gasteiger partial charge < -0.3 is 10.0 Å². The molecule has 20 heavy (non-hydrogen) atoms. The lowest BCUT2D eigenvalue weighted by atomic mass is 10.1. The van der Waals surface area contributed by atoms with Gasteiger partial charge in [-0.05, 0) is 25.5 Å². The Hall–Kier alpha value is -1.63. The van der Waals surface area contributed by atoms with Crippen LogP contribution in [0.5, 0.6) is 0 Å². The van der Waals surface area contributed by atoms with Gasteiger partial charge in [-0.3, -0.25) is 4.79 Å². The number of carboxylic acid groups (broad SMARTS) is 1. The molecule has 0 saturated carbocycles. The van der Waals surface area contributed by atoms with Crippen LogP contribution in [0, 0.1) is 18.6 Å². The van der Waals surface area contributed by atoms with Crippen molar-refractivity contribution in [3.63, 3.8) is 0 Å². The van der Waals surface area contributed by atoms with Crippen LogP contribution in [0.15, 0.2) is 12.1 Å². The zero-order chi connectivity index (χ0) is 15.0. The molecule has 4 nitrogen and oxygen atoms in total. The van der Waals surface area contributed by atoms with Gasteiger partial charge in [0, 0.05) is 11.8 Å². The lowest BCUT2D eigenvalue weighted by molar-refractivity contribution is -0.141. The fourth-order valence-corrected chi connectivity index (χ4v) is 3.27. The lowest BCUT2D eigenvalue weighted by Crippen LogP contribution is -2.45. The molecular formula is C13H13F2NO3S. The summed E-state index contributed by atoms with van der Waals surface area (Å²) >= 11 is 1.31. The predicted molar refractivity (Wildman–Crippen MR) is 70.6 cm³/mol. The number of aryl methyl sites for hydroxylation is 1. The number of nitrogens with zero attached hydrogens (tertiary/aromatic N) is 1. The molecule has 0 spiro atoms. The Balaban J connectivity index is 2.40. The molecular weight excluding hydrogens is 288 g/mol. The van der Waals surface area contributed by atoms with Gasteiger partial charge in [-0.25, -0.2) is 13.6 Å². The van der Waals surface area contributed by atoms with E-state index in [1.807, 2.05) is 0 Å². The van der Waals surface area contributed by atoms with Crippen LogP contribution >= 0.6 is 11.8 Å². The summed E-state index contributed by atoms with van der Waals surface area (Å²) in [5.41, 5.74) is -0.161. The van der Waals surface area contributed by atoms with Gasteiger partial charge in [-0.2, -0.15) is 0 Å². The minimum Gasteiger partial charge on any atom is -0.480 e. The van der Waals surface area contributed by atoms with Gasteiger partial charge >= 0.3 is 5.97 Å². The van der Waals surface area contributed by atoms with E-state index in [9.17, 15) is 18.4 Å². The Morgan fingerprint density at radius 1 is 1.35 bits per heavy atom. The van der Waals surface area contributed by atoms with Crippen LogP contribution in [0.3, 0.4) is 0 Å². The average Bonchev–Trinajstić information content (AvgIpc) is 2.75. The third kappa shape index (κ3) is 2.49. The van der Waals surface area contributed by atoms with Crippen molar-refractivity contribution in [2.24, 2.45) is 0 Å². The summed E-state index contributed by atoms with van der Waals surface area (Å²) in [5.74, 6) is -3.32. The molecule has 1 heterocycles. The molecule has 0 aromatic heterocycles. The number of amides is 1. The zero-order valence-corrected chi connectivity index (χ0v) is 11.7. The Morgan fingerprint density at radius 2 is 2.00 bits per heavy atom. The molecule has 1 aliphatic rings. The van der Waals surface area contributed by atoms with Gasteiger partial charge in [0.15, 0.2) is 0 Å². The highest BCUT2D eigenvalue weighted by Crippen LogP contribution is 2.31. The standard InChI is InChI=1S/C13H13F2NO3S/c1-6-3-8(10(15)4-9(6)14)12(17)16-7(2)20-5-11(16)13(18)19/h3-4,7,11H,5H2,1-2H3,(H,18,19). The van der Waals surface area contributed by atoms with E-state index in [1.165, 1.54) is 18.7 Å². The van der Waals surface area contributed by atoms with Crippen LogP contribution in [0.2, 0.25) is 0 Å². The van der Waals surface area contributed by atoms with E-state index in [-0.39, 0.29) is 22.3 Å². The molecule has 1 amide bonds. The molecule has 2 rings (SSSR count). The molecule has 1 fully saturated rings. The van der Waals surface area contributed by atoms with Crippen molar-refractivity contribution < 1.29 is 23.5 Å². The van der Waals surface area contributed by atoms with Crippen LogP contribution in [-0.2, 0) is 4.79 Å². The lowest BCUT2D eigenvalue weighted by Gasteiger charge is -2.25. The first-order valence-electron chi connectivity index (χ1n) is 5.95. The first-order valence-corrected chi connectivity index (χ1v) is 7.00. The molecule has 1 N–H and O–H groups in total. The second-order valence-corrected chi connectivity index (χ2v) is 5.93. The number of benzene rings is 1. The summed E-state index contributed by atoms with van der Waals surface area (Å²) in [4.78, 5) is 24.6. The number of carboxylic acids is 1. The molecule has 1 saturated heterocycles. The van der Waals surface area contributed by atoms with E-state index in [0.717, 1.165) is 11.0 Å². The van der Waals surface area contributed by atoms with Crippen LogP contribution < -0.4 is 0 Å². The maximum absolute atomic E-state index is 13.7. The Kier molecular flexibility index (Phi) is 3.99. The van der Waals surface area contributed by atoms with Gasteiger partial charge in [0.25, 0.3) is 5.91 Å². The van der Waals surface area contributed by atoms with Crippen LogP contribution in [-0.4, -0.2) is 39.1 Å². The summed E-state index contributed by atoms with van der Waals surface area (Å²) in [6.45, 7) is 3.10. The highest BCUT2D eigenvalue weighted by Gasteiger charge is 2.40. The Labute approximate surface area is 118 Å². The number of hydrogen-bond donors (Lipinski definition) is 1. The van der Waals surface area contributed by atoms with Crippen molar-refractivity contribution in [3.8, 4) is 0 Å². The second kappa shape index (κ2) is 5.40. The van der Waals surface area contributed by atoms with Gasteiger partial charge in [-0.1, -0.05) is 0 Å². The van der Waals surface area contributed by atoms with Crippen molar-refractivity contribution in [3.05, 3.63) is 34.9 Å². The molecule has 1 aromatic carbocycles. The number of thioether (sulfide) groups is 1. The van der Waals surface area contributed by atoms with E-state index >= 15 is 0 Å². The van der Waals surface area contributed by atoms with Gasteiger partial charge in [-0.15, -0.1) is 11.8 Å². The number of halogens is 2. The van der Waals surface area contributed by atoms with Crippen molar-refractivity contribution >= 4 is 23.6 Å². The molecule has 2 unspecified atom stereocenters. The fraction of sp³-hybridized carbons (Fsp3) is 0.385. The Morgan fingerprint density at radius 3 is 2.60 bits per heavy atom. The number of aliphatic carboxylic acids is 1. The quantitative estimate of drug-likeness (QED) is 0.910. The second-order valence-electron chi connectivity index (χ2n) is 4.58. The minimum absolute atomic E-state index is 0.140. The average molecular weight is 301 g/mol. The summed E-state index contributed by atoms with van der Waals surface area (Å²) in [6, 6.07) is 0.764. The molecule has 108 valence electrons. The van der Waals surface area contributed by atoms with Crippen LogP contribution in [0.1, 0.15) is 22.8 Å². The van der Waals surface area contributed by atoms with Crippen LogP contribution in [0.25, 0.3) is 0 Å². The number of rotatable bonds is 2. The van der Waals surface area contributed by atoms with Gasteiger partial charge in [0.2, 0.25) is 0 Å². The van der Waals surface area contributed by atoms with Crippen LogP contribution in [0.4, 0.5) is 8.78 Å². The Bertz CT molecular complexity index is 579. The minimum atomic E-state index is -1.13. The maximum atomic E-state index is 13.7. The maximum Gasteiger partial charge on any atom is 0.327 e. The summed E-state index contributed by atoms with van der Waals surface area (Å²) < 4.78 is 27.0. The summed E-state index contributed by atoms with van der Waals surface area (Å²) in [5, 5.41) is 8.74. The van der Waals surface area contributed by atoms with E-state index in [4.69, 9.17) is 5.11 Å². The monoisotopic (exact) mass is 301 g/mol. The van der Waals surface area contributed by atoms with Crippen molar-refractivity contribution in [2.75, 3.05) is 5.75 Å². The molecule has 7 heteroatoms. The van der Waals surface area contributed by atoms with Gasteiger partial charge in [0.1, 0.15) is 17.7 Å². The third-order valence-electron chi connectivity index (χ3n) is 3.22. The smallest absolute Gasteiger partial charge is 0.327 e. The van der Waals surface area contributed by atoms with E-state index < -0.39 is 29.6 Å². The molecule has 2 atom stereocenters. The topological polar surface area (TPSA) is 57.6 Å². The third-order valence-corrected chi connectivity index (χ3v) is 4.44. The molecule has 0 radical (unpaired) electrons. The SMILES string of the molecule is Cc1cc(C(=O)N2C(C)SCC2C(=O)O)c(F)cc1F. The molecule has 0 aliphatic carbocycles. The predicted octanol–water partition coefficient (Wildman–Crippen LogP) is 2.26. The molecule has 1 aliphatic heterocycles. The first kappa shape index (κ1) is 14.8. The summed E-state index contributed by atoms with van der Waals surface area (Å²) in [6.07, 6.45) is 0. The number of hydrogen-bond acceptors (Lipinski definition) is 3. The number of carbonyl (C=O) groups is 2. The van der Waals surface area contributed by atoms with E-state index in [1.54, 1.807) is 6.92 Å². The van der Waals surface area contributed by atoms with Crippen molar-refractivity contribution in [1.29, 1.82) is 0 Å². The van der Waals surface area contributed by atoms with E-state index in [2.05, 4.69) is 0 Å². The normalized spacial score (nSPS) is 22.1. The zero-order valence-electron chi connectivity index (χ0n) is 10.9. The van der Waals surface area contributed by atoms with E-state index in [0.29, 0.717) is 6.07 Å². The highest BCUT2D eigenvalue weighted by molar-refractivity contribution is 8.00. The fourth-order valence-electron chi connectivity index (χ4n) is 2.10. The largest absolute Gasteiger partial charge is 0.480 e. The summed E-state index contributed by atoms with van der Waals surface area (Å²) in [7, 11) is 0. The van der Waals surface area contributed by atoms with Crippen molar-refractivity contribution in [1.82, 2.24) is 4.90 Å². The molecule has 1 aromatic rings. The number of carbonyl (C=O) groups excluding carboxylic acids is 1. The first-order chi connectivity index (χ1) is 9.32. The van der Waals surface area contributed by atoms with Gasteiger partial charge in [0.05, 0.1) is 10.9 Å². The molecule has 0 bridgehead atoms. The van der Waals surface area contributed by atoms with Crippen molar-refractivity contribution in [2.45, 2.75) is 25.3 Å². The highest BCUT2D eigenvalue weighted by atomic mass is 32.2.